The van der Waals surface area contributed by atoms with Crippen LogP contribution in [-0.2, 0) is 0 Å². The van der Waals surface area contributed by atoms with Crippen molar-refractivity contribution in [3.8, 4) is 22.8 Å². The van der Waals surface area contributed by atoms with E-state index in [1.54, 1.807) is 14.2 Å². The van der Waals surface area contributed by atoms with Crippen LogP contribution >= 0.6 is 0 Å². The topological polar surface area (TPSA) is 60.7 Å². The average Bonchev–Trinajstić information content (AvgIpc) is 3.37. The summed E-state index contributed by atoms with van der Waals surface area (Å²) in [6, 6.07) is 9.69. The summed E-state index contributed by atoms with van der Waals surface area (Å²) in [5.74, 6) is 3.14. The molecular weight excluding hydrogens is 304 g/mol. The molecule has 6 heteroatoms. The number of hydrogen-bond acceptors (Lipinski definition) is 5. The third-order valence-corrected chi connectivity index (χ3v) is 4.32. The predicted molar refractivity (Wildman–Crippen MR) is 92.7 cm³/mol. The van der Waals surface area contributed by atoms with Gasteiger partial charge in [-0.1, -0.05) is 0 Å². The molecule has 0 unspecified atom stereocenters. The van der Waals surface area contributed by atoms with Crippen molar-refractivity contribution in [3.05, 3.63) is 36.5 Å². The Labute approximate surface area is 140 Å². The SMILES string of the molecule is COc1ccc(-c2cnc3ccc(NCC4CC4)nn23)c(OC)c1. The van der Waals surface area contributed by atoms with Crippen LogP contribution in [0.4, 0.5) is 5.82 Å². The van der Waals surface area contributed by atoms with E-state index in [-0.39, 0.29) is 0 Å². The normalized spacial score (nSPS) is 13.9. The summed E-state index contributed by atoms with van der Waals surface area (Å²) in [5.41, 5.74) is 2.62. The molecule has 124 valence electrons. The molecule has 3 aromatic rings. The number of nitrogens with zero attached hydrogens (tertiary/aromatic N) is 3. The van der Waals surface area contributed by atoms with Crippen LogP contribution in [0.2, 0.25) is 0 Å². The molecule has 2 aromatic heterocycles. The molecule has 1 N–H and O–H groups in total. The van der Waals surface area contributed by atoms with Crippen LogP contribution in [0.15, 0.2) is 36.5 Å². The summed E-state index contributed by atoms with van der Waals surface area (Å²) in [6.07, 6.45) is 4.45. The van der Waals surface area contributed by atoms with Crippen molar-refractivity contribution >= 4 is 11.5 Å². The van der Waals surface area contributed by atoms with Gasteiger partial charge in [-0.3, -0.25) is 0 Å². The van der Waals surface area contributed by atoms with Gasteiger partial charge in [0.25, 0.3) is 0 Å². The first-order valence-electron chi connectivity index (χ1n) is 8.09. The van der Waals surface area contributed by atoms with Crippen molar-refractivity contribution in [1.82, 2.24) is 14.6 Å². The largest absolute Gasteiger partial charge is 0.497 e. The lowest BCUT2D eigenvalue weighted by Gasteiger charge is -2.10. The van der Waals surface area contributed by atoms with Crippen LogP contribution in [0.25, 0.3) is 16.9 Å². The number of methoxy groups -OCH3 is 2. The van der Waals surface area contributed by atoms with E-state index in [9.17, 15) is 0 Å². The molecule has 0 atom stereocenters. The van der Waals surface area contributed by atoms with E-state index >= 15 is 0 Å². The van der Waals surface area contributed by atoms with Crippen molar-refractivity contribution in [1.29, 1.82) is 0 Å². The van der Waals surface area contributed by atoms with E-state index in [4.69, 9.17) is 9.47 Å². The van der Waals surface area contributed by atoms with E-state index in [1.807, 2.05) is 41.0 Å². The molecule has 24 heavy (non-hydrogen) atoms. The summed E-state index contributed by atoms with van der Waals surface area (Å²) < 4.78 is 12.6. The first kappa shape index (κ1) is 14.8. The highest BCUT2D eigenvalue weighted by Gasteiger charge is 2.21. The molecule has 1 aliphatic rings. The van der Waals surface area contributed by atoms with Crippen molar-refractivity contribution in [2.45, 2.75) is 12.8 Å². The molecule has 0 spiro atoms. The van der Waals surface area contributed by atoms with Crippen molar-refractivity contribution in [2.24, 2.45) is 5.92 Å². The number of benzene rings is 1. The van der Waals surface area contributed by atoms with Gasteiger partial charge in [0.05, 0.1) is 26.1 Å². The third-order valence-electron chi connectivity index (χ3n) is 4.32. The van der Waals surface area contributed by atoms with Crippen LogP contribution in [0.5, 0.6) is 11.5 Å². The lowest BCUT2D eigenvalue weighted by molar-refractivity contribution is 0.395. The minimum absolute atomic E-state index is 0.731. The molecular formula is C18H20N4O2. The summed E-state index contributed by atoms with van der Waals surface area (Å²) in [5, 5.41) is 8.09. The Hall–Kier alpha value is -2.76. The lowest BCUT2D eigenvalue weighted by Crippen LogP contribution is -2.07. The molecule has 0 amide bonds. The smallest absolute Gasteiger partial charge is 0.154 e. The van der Waals surface area contributed by atoms with Crippen molar-refractivity contribution < 1.29 is 9.47 Å². The number of hydrogen-bond donors (Lipinski definition) is 1. The van der Waals surface area contributed by atoms with Gasteiger partial charge in [-0.05, 0) is 43.0 Å². The van der Waals surface area contributed by atoms with Gasteiger partial charge in [0.2, 0.25) is 0 Å². The van der Waals surface area contributed by atoms with Gasteiger partial charge in [-0.15, -0.1) is 5.10 Å². The molecule has 0 radical (unpaired) electrons. The van der Waals surface area contributed by atoms with Gasteiger partial charge in [0.1, 0.15) is 17.3 Å². The van der Waals surface area contributed by atoms with Crippen LogP contribution in [0.1, 0.15) is 12.8 Å². The van der Waals surface area contributed by atoms with Crippen LogP contribution < -0.4 is 14.8 Å². The first-order chi connectivity index (χ1) is 11.8. The standard InChI is InChI=1S/C18H20N4O2/c1-23-13-5-6-14(16(9-13)24-2)15-11-20-18-8-7-17(21-22(15)18)19-10-12-3-4-12/h5-9,11-12H,3-4,10H2,1-2H3,(H,19,21). The van der Waals surface area contributed by atoms with Gasteiger partial charge in [-0.25, -0.2) is 9.50 Å². The number of fused-ring (bicyclic) bond motifs is 1. The second-order valence-corrected chi connectivity index (χ2v) is 6.02. The van der Waals surface area contributed by atoms with Crippen LogP contribution in [-0.4, -0.2) is 35.4 Å². The second-order valence-electron chi connectivity index (χ2n) is 6.02. The maximum absolute atomic E-state index is 5.51. The molecule has 2 heterocycles. The van der Waals surface area contributed by atoms with E-state index in [1.165, 1.54) is 12.8 Å². The number of ether oxygens (including phenoxy) is 2. The number of rotatable bonds is 6. The molecule has 4 rings (SSSR count). The number of aromatic nitrogens is 3. The fourth-order valence-corrected chi connectivity index (χ4v) is 2.73. The van der Waals surface area contributed by atoms with Crippen LogP contribution in [0.3, 0.4) is 0 Å². The Morgan fingerprint density at radius 2 is 2.04 bits per heavy atom. The minimum Gasteiger partial charge on any atom is -0.497 e. The molecule has 1 aromatic carbocycles. The second kappa shape index (κ2) is 6.03. The van der Waals surface area contributed by atoms with Crippen molar-refractivity contribution in [3.63, 3.8) is 0 Å². The quantitative estimate of drug-likeness (QED) is 0.754. The Morgan fingerprint density at radius 3 is 2.79 bits per heavy atom. The number of anilines is 1. The Kier molecular flexibility index (Phi) is 3.72. The van der Waals surface area contributed by atoms with Crippen LogP contribution in [0, 0.1) is 5.92 Å². The van der Waals surface area contributed by atoms with Gasteiger partial charge >= 0.3 is 0 Å². The molecule has 1 saturated carbocycles. The van der Waals surface area contributed by atoms with E-state index < -0.39 is 0 Å². The third kappa shape index (κ3) is 2.75. The average molecular weight is 324 g/mol. The molecule has 6 nitrogen and oxygen atoms in total. The van der Waals surface area contributed by atoms with Gasteiger partial charge < -0.3 is 14.8 Å². The molecule has 0 aliphatic heterocycles. The summed E-state index contributed by atoms with van der Waals surface area (Å²) in [6.45, 7) is 0.981. The maximum Gasteiger partial charge on any atom is 0.154 e. The molecule has 0 saturated heterocycles. The van der Waals surface area contributed by atoms with E-state index in [2.05, 4.69) is 15.4 Å². The fraction of sp³-hybridized carbons (Fsp3) is 0.333. The zero-order chi connectivity index (χ0) is 16.5. The zero-order valence-corrected chi connectivity index (χ0v) is 13.8. The Bertz CT molecular complexity index is 871. The summed E-state index contributed by atoms with van der Waals surface area (Å²) in [4.78, 5) is 4.45. The lowest BCUT2D eigenvalue weighted by atomic mass is 10.1. The Morgan fingerprint density at radius 1 is 1.17 bits per heavy atom. The molecule has 0 bridgehead atoms. The monoisotopic (exact) mass is 324 g/mol. The van der Waals surface area contributed by atoms with Gasteiger partial charge in [0.15, 0.2) is 5.65 Å². The highest BCUT2D eigenvalue weighted by atomic mass is 16.5. The molecule has 1 fully saturated rings. The zero-order valence-electron chi connectivity index (χ0n) is 13.8. The number of imidazole rings is 1. The highest BCUT2D eigenvalue weighted by Crippen LogP contribution is 2.33. The fourth-order valence-electron chi connectivity index (χ4n) is 2.73. The highest BCUT2D eigenvalue weighted by molar-refractivity contribution is 5.71. The maximum atomic E-state index is 5.51. The van der Waals surface area contributed by atoms with Gasteiger partial charge in [-0.2, -0.15) is 0 Å². The predicted octanol–water partition coefficient (Wildman–Crippen LogP) is 3.24. The summed E-state index contributed by atoms with van der Waals surface area (Å²) >= 11 is 0. The summed E-state index contributed by atoms with van der Waals surface area (Å²) in [7, 11) is 3.29. The van der Waals surface area contributed by atoms with Gasteiger partial charge in [0, 0.05) is 18.2 Å². The van der Waals surface area contributed by atoms with Crippen molar-refractivity contribution in [2.75, 3.05) is 26.1 Å². The van der Waals surface area contributed by atoms with E-state index in [0.717, 1.165) is 46.7 Å². The number of nitrogens with one attached hydrogen (secondary N) is 1. The van der Waals surface area contributed by atoms with E-state index in [0.29, 0.717) is 0 Å². The Balaban J connectivity index is 1.74. The first-order valence-corrected chi connectivity index (χ1v) is 8.09. The minimum atomic E-state index is 0.731. The molecule has 1 aliphatic carbocycles.